The van der Waals surface area contributed by atoms with Crippen molar-refractivity contribution in [2.24, 2.45) is 5.10 Å². The molecule has 2 aromatic carbocycles. The highest BCUT2D eigenvalue weighted by molar-refractivity contribution is 6.14. The Morgan fingerprint density at radius 3 is 2.66 bits per heavy atom. The van der Waals surface area contributed by atoms with E-state index < -0.39 is 10.8 Å². The number of hydrogen-bond donors (Lipinski definition) is 0. The fourth-order valence-electron chi connectivity index (χ4n) is 3.44. The van der Waals surface area contributed by atoms with Crippen molar-refractivity contribution in [3.63, 3.8) is 0 Å². The summed E-state index contributed by atoms with van der Waals surface area (Å²) >= 11 is 0. The van der Waals surface area contributed by atoms with E-state index in [2.05, 4.69) is 5.10 Å². The molecule has 0 radical (unpaired) electrons. The van der Waals surface area contributed by atoms with Gasteiger partial charge in [0.25, 0.3) is 11.6 Å². The lowest BCUT2D eigenvalue weighted by atomic mass is 9.94. The average molecular weight is 392 g/mol. The van der Waals surface area contributed by atoms with Crippen LogP contribution in [0.25, 0.3) is 0 Å². The number of fused-ring (bicyclic) bond motifs is 2. The lowest BCUT2D eigenvalue weighted by molar-refractivity contribution is -0.384. The summed E-state index contributed by atoms with van der Waals surface area (Å²) in [6.07, 6.45) is 0.212. The summed E-state index contributed by atoms with van der Waals surface area (Å²) in [4.78, 5) is 23.0. The van der Waals surface area contributed by atoms with Gasteiger partial charge in [0.2, 0.25) is 6.79 Å². The first kappa shape index (κ1) is 18.4. The molecule has 4 rings (SSSR count). The number of hydrogen-bond acceptors (Lipinski definition) is 7. The van der Waals surface area contributed by atoms with Gasteiger partial charge in [0.05, 0.1) is 22.7 Å². The van der Waals surface area contributed by atoms with Crippen LogP contribution >= 0.6 is 0 Å². The SMILES string of the molecule is CC1Cc2cc3c(cc2C(c2ccc([N+](=O)[O-])cc2)=NN1C(=O)CC#N)OCO3. The Morgan fingerprint density at radius 2 is 2.00 bits per heavy atom. The maximum Gasteiger partial charge on any atom is 0.269 e. The topological polar surface area (TPSA) is 118 Å². The van der Waals surface area contributed by atoms with Crippen LogP contribution in [0, 0.1) is 21.4 Å². The maximum absolute atomic E-state index is 12.5. The van der Waals surface area contributed by atoms with Crippen LogP contribution < -0.4 is 9.47 Å². The normalized spacial score (nSPS) is 17.0. The molecule has 2 aliphatic heterocycles. The number of nitro groups is 1. The van der Waals surface area contributed by atoms with Crippen molar-refractivity contribution >= 4 is 17.3 Å². The first-order valence-corrected chi connectivity index (χ1v) is 8.93. The molecule has 0 N–H and O–H groups in total. The lowest BCUT2D eigenvalue weighted by Crippen LogP contribution is -2.35. The van der Waals surface area contributed by atoms with Crippen molar-refractivity contribution < 1.29 is 19.2 Å². The van der Waals surface area contributed by atoms with Gasteiger partial charge in [-0.15, -0.1) is 0 Å². The maximum atomic E-state index is 12.5. The first-order valence-electron chi connectivity index (χ1n) is 8.93. The number of amides is 1. The van der Waals surface area contributed by atoms with E-state index in [1.807, 2.05) is 25.1 Å². The van der Waals surface area contributed by atoms with Crippen LogP contribution in [-0.4, -0.2) is 34.4 Å². The van der Waals surface area contributed by atoms with Crippen LogP contribution in [0.3, 0.4) is 0 Å². The number of nitro benzene ring substituents is 1. The van der Waals surface area contributed by atoms with Crippen LogP contribution in [0.15, 0.2) is 41.5 Å². The highest BCUT2D eigenvalue weighted by Crippen LogP contribution is 2.37. The minimum atomic E-state index is -0.477. The molecule has 0 spiro atoms. The summed E-state index contributed by atoms with van der Waals surface area (Å²) in [6, 6.07) is 11.2. The van der Waals surface area contributed by atoms with Crippen LogP contribution in [0.5, 0.6) is 11.5 Å². The lowest BCUT2D eigenvalue weighted by Gasteiger charge is -2.22. The van der Waals surface area contributed by atoms with Crippen LogP contribution in [-0.2, 0) is 11.2 Å². The monoisotopic (exact) mass is 392 g/mol. The summed E-state index contributed by atoms with van der Waals surface area (Å²) in [5, 5.41) is 25.8. The third kappa shape index (κ3) is 3.36. The van der Waals surface area contributed by atoms with Gasteiger partial charge in [0, 0.05) is 23.3 Å². The number of carbonyl (C=O) groups is 1. The summed E-state index contributed by atoms with van der Waals surface area (Å²) in [5.74, 6) is 0.783. The molecule has 29 heavy (non-hydrogen) atoms. The molecule has 0 saturated heterocycles. The van der Waals surface area contributed by atoms with Crippen molar-refractivity contribution in [3.8, 4) is 17.6 Å². The van der Waals surface area contributed by atoms with Gasteiger partial charge in [0.15, 0.2) is 11.5 Å². The van der Waals surface area contributed by atoms with E-state index in [0.717, 1.165) is 11.1 Å². The van der Waals surface area contributed by atoms with Gasteiger partial charge in [-0.25, -0.2) is 5.01 Å². The molecular weight excluding hydrogens is 376 g/mol. The first-order chi connectivity index (χ1) is 14.0. The van der Waals surface area contributed by atoms with Crippen molar-refractivity contribution in [2.45, 2.75) is 25.8 Å². The Balaban J connectivity index is 1.87. The third-order valence-electron chi connectivity index (χ3n) is 4.83. The number of ether oxygens (including phenoxy) is 2. The highest BCUT2D eigenvalue weighted by Gasteiger charge is 2.29. The predicted octanol–water partition coefficient (Wildman–Crippen LogP) is 2.76. The van der Waals surface area contributed by atoms with E-state index in [-0.39, 0.29) is 24.9 Å². The second kappa shape index (κ2) is 7.24. The molecule has 9 heteroatoms. The molecule has 0 fully saturated rings. The molecule has 0 aromatic heterocycles. The Labute approximate surface area is 165 Å². The molecule has 1 amide bonds. The van der Waals surface area contributed by atoms with Crippen LogP contribution in [0.4, 0.5) is 5.69 Å². The molecule has 1 unspecified atom stereocenters. The number of non-ortho nitro benzene ring substituents is 1. The average Bonchev–Trinajstić information content (AvgIpc) is 3.10. The smallest absolute Gasteiger partial charge is 0.269 e. The second-order valence-electron chi connectivity index (χ2n) is 6.74. The summed E-state index contributed by atoms with van der Waals surface area (Å²) in [7, 11) is 0. The summed E-state index contributed by atoms with van der Waals surface area (Å²) < 4.78 is 11.0. The van der Waals surface area contributed by atoms with E-state index >= 15 is 0 Å². The summed E-state index contributed by atoms with van der Waals surface area (Å²) in [5.41, 5.74) is 2.70. The zero-order chi connectivity index (χ0) is 20.5. The Kier molecular flexibility index (Phi) is 4.60. The third-order valence-corrected chi connectivity index (χ3v) is 4.83. The van der Waals surface area contributed by atoms with Crippen molar-refractivity contribution in [3.05, 3.63) is 63.2 Å². The standard InChI is InChI=1S/C20H16N4O5/c1-12-8-14-9-17-18(29-11-28-17)10-16(14)20(22-23(12)19(25)6-7-21)13-2-4-15(5-3-13)24(26)27/h2-5,9-10,12H,6,8,11H2,1H3. The van der Waals surface area contributed by atoms with Crippen molar-refractivity contribution in [1.82, 2.24) is 5.01 Å². The minimum absolute atomic E-state index is 0.0420. The Hall–Kier alpha value is -3.93. The van der Waals surface area contributed by atoms with Crippen LogP contribution in [0.2, 0.25) is 0 Å². The zero-order valence-corrected chi connectivity index (χ0v) is 15.5. The number of rotatable bonds is 3. The van der Waals surface area contributed by atoms with Gasteiger partial charge in [-0.1, -0.05) is 0 Å². The molecule has 9 nitrogen and oxygen atoms in total. The largest absolute Gasteiger partial charge is 0.454 e. The number of nitriles is 1. The van der Waals surface area contributed by atoms with E-state index in [4.69, 9.17) is 14.7 Å². The fourth-order valence-corrected chi connectivity index (χ4v) is 3.44. The molecule has 2 aliphatic rings. The number of hydrazone groups is 1. The van der Waals surface area contributed by atoms with E-state index in [9.17, 15) is 14.9 Å². The van der Waals surface area contributed by atoms with Gasteiger partial charge >= 0.3 is 0 Å². The van der Waals surface area contributed by atoms with E-state index in [1.54, 1.807) is 12.1 Å². The molecule has 2 heterocycles. The summed E-state index contributed by atoms with van der Waals surface area (Å²) in [6.45, 7) is 1.98. The second-order valence-corrected chi connectivity index (χ2v) is 6.74. The van der Waals surface area contributed by atoms with Gasteiger partial charge < -0.3 is 9.47 Å². The molecule has 146 valence electrons. The Bertz CT molecular complexity index is 1070. The minimum Gasteiger partial charge on any atom is -0.454 e. The van der Waals surface area contributed by atoms with E-state index in [1.165, 1.54) is 17.1 Å². The van der Waals surface area contributed by atoms with Crippen LogP contribution in [0.1, 0.15) is 30.0 Å². The van der Waals surface area contributed by atoms with Crippen molar-refractivity contribution in [1.29, 1.82) is 5.26 Å². The predicted molar refractivity (Wildman–Crippen MR) is 102 cm³/mol. The quantitative estimate of drug-likeness (QED) is 0.585. The molecular formula is C20H16N4O5. The molecule has 1 atom stereocenters. The number of benzene rings is 2. The Morgan fingerprint density at radius 1 is 1.31 bits per heavy atom. The molecule has 0 bridgehead atoms. The molecule has 0 saturated carbocycles. The van der Waals surface area contributed by atoms with Crippen molar-refractivity contribution in [2.75, 3.05) is 6.79 Å². The number of carbonyl (C=O) groups excluding carboxylic acids is 1. The zero-order valence-electron chi connectivity index (χ0n) is 15.5. The fraction of sp³-hybridized carbons (Fsp3) is 0.250. The molecule has 0 aliphatic carbocycles. The number of nitrogens with zero attached hydrogens (tertiary/aromatic N) is 4. The van der Waals surface area contributed by atoms with Gasteiger partial charge in [-0.3, -0.25) is 14.9 Å². The highest BCUT2D eigenvalue weighted by atomic mass is 16.7. The molecule has 2 aromatic rings. The van der Waals surface area contributed by atoms with Gasteiger partial charge in [0.1, 0.15) is 6.42 Å². The van der Waals surface area contributed by atoms with E-state index in [0.29, 0.717) is 29.2 Å². The van der Waals surface area contributed by atoms with Gasteiger partial charge in [-0.05, 0) is 43.2 Å². The van der Waals surface area contributed by atoms with Gasteiger partial charge in [-0.2, -0.15) is 10.4 Å².